The van der Waals surface area contributed by atoms with Crippen LogP contribution in [0.1, 0.15) is 22.3 Å². The van der Waals surface area contributed by atoms with Crippen molar-refractivity contribution in [1.29, 1.82) is 0 Å². The normalized spacial score (nSPS) is 11.0. The maximum atomic E-state index is 12.0. The topological polar surface area (TPSA) is 46.2 Å². The molecule has 0 aliphatic rings. The van der Waals surface area contributed by atoms with Gasteiger partial charge in [0.05, 0.1) is 5.56 Å². The summed E-state index contributed by atoms with van der Waals surface area (Å²) < 4.78 is 0. The van der Waals surface area contributed by atoms with Gasteiger partial charge >= 0.3 is 0 Å². The molecule has 0 heterocycles. The van der Waals surface area contributed by atoms with E-state index in [2.05, 4.69) is 11.4 Å². The summed E-state index contributed by atoms with van der Waals surface area (Å²) in [4.78, 5) is 24.0. The minimum Gasteiger partial charge on any atom is -0.352 e. The SMILES string of the molecule is Cc1cc(C)cc(Nc2c(-c3ccc(C)c(C)c3)c(=O)c2=O)c1. The Morgan fingerprint density at radius 1 is 0.739 bits per heavy atom. The summed E-state index contributed by atoms with van der Waals surface area (Å²) in [5, 5.41) is 3.13. The van der Waals surface area contributed by atoms with Crippen LogP contribution in [0.5, 0.6) is 0 Å². The maximum absolute atomic E-state index is 12.0. The number of rotatable bonds is 3. The average molecular weight is 305 g/mol. The molecular weight excluding hydrogens is 286 g/mol. The Labute approximate surface area is 135 Å². The highest BCUT2D eigenvalue weighted by Crippen LogP contribution is 2.28. The van der Waals surface area contributed by atoms with Crippen LogP contribution in [-0.2, 0) is 0 Å². The van der Waals surface area contributed by atoms with Crippen molar-refractivity contribution in [2.45, 2.75) is 27.7 Å². The largest absolute Gasteiger partial charge is 0.352 e. The molecule has 116 valence electrons. The van der Waals surface area contributed by atoms with Crippen molar-refractivity contribution in [2.24, 2.45) is 0 Å². The van der Waals surface area contributed by atoms with E-state index in [9.17, 15) is 9.59 Å². The molecule has 0 aliphatic carbocycles. The Balaban J connectivity index is 2.05. The molecule has 0 aliphatic heterocycles. The molecule has 0 saturated carbocycles. The van der Waals surface area contributed by atoms with Crippen LogP contribution in [0.4, 0.5) is 11.4 Å². The number of aryl methyl sites for hydroxylation is 4. The second kappa shape index (κ2) is 5.51. The van der Waals surface area contributed by atoms with E-state index in [0.717, 1.165) is 33.5 Å². The molecule has 0 atom stereocenters. The zero-order chi connectivity index (χ0) is 16.7. The molecule has 0 bridgehead atoms. The fraction of sp³-hybridized carbons (Fsp3) is 0.200. The van der Waals surface area contributed by atoms with Crippen molar-refractivity contribution in [3.05, 3.63) is 79.1 Å². The first-order valence-corrected chi connectivity index (χ1v) is 7.63. The highest BCUT2D eigenvalue weighted by atomic mass is 16.2. The first-order valence-electron chi connectivity index (χ1n) is 7.63. The van der Waals surface area contributed by atoms with Crippen molar-refractivity contribution < 1.29 is 0 Å². The van der Waals surface area contributed by atoms with Crippen LogP contribution in [-0.4, -0.2) is 0 Å². The van der Waals surface area contributed by atoms with E-state index < -0.39 is 10.9 Å². The van der Waals surface area contributed by atoms with Crippen LogP contribution in [0.25, 0.3) is 11.1 Å². The van der Waals surface area contributed by atoms with Gasteiger partial charge in [0.15, 0.2) is 0 Å². The average Bonchev–Trinajstić information content (AvgIpc) is 2.49. The highest BCUT2D eigenvalue weighted by Gasteiger charge is 2.22. The van der Waals surface area contributed by atoms with Crippen LogP contribution < -0.4 is 16.2 Å². The summed E-state index contributed by atoms with van der Waals surface area (Å²) in [6.07, 6.45) is 0. The second-order valence-electron chi connectivity index (χ2n) is 6.21. The van der Waals surface area contributed by atoms with Crippen molar-refractivity contribution in [3.63, 3.8) is 0 Å². The summed E-state index contributed by atoms with van der Waals surface area (Å²) in [6.45, 7) is 8.03. The Morgan fingerprint density at radius 3 is 2.00 bits per heavy atom. The number of hydrogen-bond acceptors (Lipinski definition) is 3. The molecule has 3 rings (SSSR count). The highest BCUT2D eigenvalue weighted by molar-refractivity contribution is 5.85. The van der Waals surface area contributed by atoms with E-state index in [4.69, 9.17) is 0 Å². The van der Waals surface area contributed by atoms with Gasteiger partial charge in [0.2, 0.25) is 5.43 Å². The van der Waals surface area contributed by atoms with Gasteiger partial charge in [-0.1, -0.05) is 24.3 Å². The van der Waals surface area contributed by atoms with Gasteiger partial charge in [-0.3, -0.25) is 9.59 Å². The second-order valence-corrected chi connectivity index (χ2v) is 6.21. The van der Waals surface area contributed by atoms with Crippen LogP contribution >= 0.6 is 0 Å². The van der Waals surface area contributed by atoms with E-state index in [1.54, 1.807) is 0 Å². The Kier molecular flexibility index (Phi) is 3.64. The third-order valence-electron chi connectivity index (χ3n) is 4.20. The van der Waals surface area contributed by atoms with Crippen molar-refractivity contribution in [3.8, 4) is 11.1 Å². The Hall–Kier alpha value is -2.68. The first kappa shape index (κ1) is 15.2. The third kappa shape index (κ3) is 2.70. The van der Waals surface area contributed by atoms with Gasteiger partial charge in [0.1, 0.15) is 5.69 Å². The van der Waals surface area contributed by atoms with Crippen LogP contribution in [0, 0.1) is 27.7 Å². The van der Waals surface area contributed by atoms with Crippen molar-refractivity contribution >= 4 is 11.4 Å². The van der Waals surface area contributed by atoms with Crippen LogP contribution in [0.15, 0.2) is 46.0 Å². The zero-order valence-corrected chi connectivity index (χ0v) is 13.8. The molecule has 0 unspecified atom stereocenters. The summed E-state index contributed by atoms with van der Waals surface area (Å²) >= 11 is 0. The van der Waals surface area contributed by atoms with Gasteiger partial charge in [-0.2, -0.15) is 0 Å². The summed E-state index contributed by atoms with van der Waals surface area (Å²) in [5.74, 6) is 0. The minimum absolute atomic E-state index is 0.392. The van der Waals surface area contributed by atoms with Crippen LogP contribution in [0.2, 0.25) is 0 Å². The molecule has 0 spiro atoms. The number of anilines is 2. The van der Waals surface area contributed by atoms with E-state index in [0.29, 0.717) is 11.3 Å². The van der Waals surface area contributed by atoms with Gasteiger partial charge in [0, 0.05) is 5.69 Å². The molecule has 3 nitrogen and oxygen atoms in total. The van der Waals surface area contributed by atoms with Gasteiger partial charge in [-0.25, -0.2) is 0 Å². The molecular formula is C20H19NO2. The van der Waals surface area contributed by atoms with Gasteiger partial charge in [-0.15, -0.1) is 0 Å². The van der Waals surface area contributed by atoms with E-state index in [1.807, 2.05) is 58.0 Å². The van der Waals surface area contributed by atoms with Gasteiger partial charge in [-0.05, 0) is 67.6 Å². The predicted octanol–water partition coefficient (Wildman–Crippen LogP) is 3.93. The number of nitrogens with one attached hydrogen (secondary N) is 1. The molecule has 0 radical (unpaired) electrons. The third-order valence-corrected chi connectivity index (χ3v) is 4.20. The lowest BCUT2D eigenvalue weighted by molar-refractivity contribution is 1.31. The number of hydrogen-bond donors (Lipinski definition) is 1. The monoisotopic (exact) mass is 305 g/mol. The van der Waals surface area contributed by atoms with Crippen molar-refractivity contribution in [1.82, 2.24) is 0 Å². The fourth-order valence-corrected chi connectivity index (χ4v) is 2.87. The van der Waals surface area contributed by atoms with E-state index in [1.165, 1.54) is 0 Å². The molecule has 0 aromatic heterocycles. The lowest BCUT2D eigenvalue weighted by atomic mass is 9.95. The Bertz CT molecular complexity index is 956. The Morgan fingerprint density at radius 2 is 1.39 bits per heavy atom. The van der Waals surface area contributed by atoms with Gasteiger partial charge < -0.3 is 5.32 Å². The summed E-state index contributed by atoms with van der Waals surface area (Å²) in [7, 11) is 0. The molecule has 0 saturated heterocycles. The zero-order valence-electron chi connectivity index (χ0n) is 13.8. The lowest BCUT2D eigenvalue weighted by Gasteiger charge is -2.15. The quantitative estimate of drug-likeness (QED) is 0.746. The standard InChI is InChI=1S/C20H19NO2/c1-11-7-12(2)9-16(8-11)21-18-17(19(22)20(18)23)15-6-5-13(3)14(4)10-15/h5-10,21H,1-4H3. The van der Waals surface area contributed by atoms with E-state index in [-0.39, 0.29) is 0 Å². The smallest absolute Gasteiger partial charge is 0.250 e. The molecule has 3 aromatic rings. The first-order chi connectivity index (χ1) is 10.9. The van der Waals surface area contributed by atoms with Gasteiger partial charge in [0.25, 0.3) is 5.43 Å². The lowest BCUT2D eigenvalue weighted by Crippen LogP contribution is -2.35. The molecule has 0 amide bonds. The van der Waals surface area contributed by atoms with Crippen LogP contribution in [0.3, 0.4) is 0 Å². The molecule has 1 N–H and O–H groups in total. The minimum atomic E-state index is -0.447. The molecule has 0 fully saturated rings. The predicted molar refractivity (Wildman–Crippen MR) is 95.5 cm³/mol. The molecule has 3 heteroatoms. The molecule has 23 heavy (non-hydrogen) atoms. The fourth-order valence-electron chi connectivity index (χ4n) is 2.87. The summed E-state index contributed by atoms with van der Waals surface area (Å²) in [5.41, 5.74) is 6.13. The molecule has 3 aromatic carbocycles. The maximum Gasteiger partial charge on any atom is 0.250 e. The van der Waals surface area contributed by atoms with E-state index >= 15 is 0 Å². The van der Waals surface area contributed by atoms with Crippen molar-refractivity contribution in [2.75, 3.05) is 5.32 Å². The number of benzene rings is 2. The summed E-state index contributed by atoms with van der Waals surface area (Å²) in [6, 6.07) is 11.8.